The van der Waals surface area contributed by atoms with Gasteiger partial charge in [-0.15, -0.1) is 0 Å². The number of hydrogen-bond acceptors (Lipinski definition) is 0. The number of rotatable bonds is 0. The minimum absolute atomic E-state index is 0.0264. The first-order chi connectivity index (χ1) is 5.34. The van der Waals surface area contributed by atoms with Gasteiger partial charge >= 0.3 is 0 Å². The standard InChI is InChI=1S/C9H13FIN/c1-9(2,3)6-5-7(10)12(4)8(6)11/h5H,1-4H3. The zero-order valence-corrected chi connectivity index (χ0v) is 9.94. The molecule has 0 bridgehead atoms. The van der Waals surface area contributed by atoms with E-state index in [9.17, 15) is 4.39 Å². The largest absolute Gasteiger partial charge is 0.316 e. The minimum Gasteiger partial charge on any atom is -0.316 e. The van der Waals surface area contributed by atoms with E-state index in [0.717, 1.165) is 9.26 Å². The van der Waals surface area contributed by atoms with E-state index in [1.165, 1.54) is 0 Å². The molecule has 0 fully saturated rings. The van der Waals surface area contributed by atoms with Crippen LogP contribution in [0.5, 0.6) is 0 Å². The highest BCUT2D eigenvalue weighted by Crippen LogP contribution is 2.28. The average Bonchev–Trinajstić information content (AvgIpc) is 2.15. The molecule has 1 rings (SSSR count). The van der Waals surface area contributed by atoms with E-state index in [1.54, 1.807) is 17.7 Å². The lowest BCUT2D eigenvalue weighted by atomic mass is 9.89. The second-order valence-electron chi connectivity index (χ2n) is 3.98. The molecule has 0 radical (unpaired) electrons. The molecular formula is C9H13FIN. The van der Waals surface area contributed by atoms with Crippen molar-refractivity contribution in [2.45, 2.75) is 26.2 Å². The quantitative estimate of drug-likeness (QED) is 0.644. The smallest absolute Gasteiger partial charge is 0.194 e. The van der Waals surface area contributed by atoms with Gasteiger partial charge in [-0.05, 0) is 39.6 Å². The third-order valence-electron chi connectivity index (χ3n) is 1.91. The third kappa shape index (κ3) is 1.65. The summed E-state index contributed by atoms with van der Waals surface area (Å²) in [6.07, 6.45) is 0. The molecule has 3 heteroatoms. The van der Waals surface area contributed by atoms with Gasteiger partial charge in [0.1, 0.15) is 0 Å². The van der Waals surface area contributed by atoms with Crippen LogP contribution >= 0.6 is 22.6 Å². The summed E-state index contributed by atoms with van der Waals surface area (Å²) in [4.78, 5) is 0. The molecule has 0 spiro atoms. The Kier molecular flexibility index (Phi) is 2.52. The summed E-state index contributed by atoms with van der Waals surface area (Å²) >= 11 is 2.17. The van der Waals surface area contributed by atoms with E-state index in [-0.39, 0.29) is 11.4 Å². The second kappa shape index (κ2) is 3.01. The van der Waals surface area contributed by atoms with E-state index >= 15 is 0 Å². The molecule has 0 N–H and O–H groups in total. The lowest BCUT2D eigenvalue weighted by Gasteiger charge is -2.17. The Labute approximate surface area is 86.1 Å². The molecule has 0 saturated carbocycles. The molecule has 12 heavy (non-hydrogen) atoms. The van der Waals surface area contributed by atoms with Crippen molar-refractivity contribution in [1.29, 1.82) is 0 Å². The highest BCUT2D eigenvalue weighted by atomic mass is 127. The highest BCUT2D eigenvalue weighted by Gasteiger charge is 2.21. The Balaban J connectivity index is 3.28. The molecule has 1 heterocycles. The van der Waals surface area contributed by atoms with Gasteiger partial charge in [0.2, 0.25) is 0 Å². The lowest BCUT2D eigenvalue weighted by molar-refractivity contribution is 0.530. The van der Waals surface area contributed by atoms with E-state index < -0.39 is 0 Å². The molecule has 68 valence electrons. The van der Waals surface area contributed by atoms with Gasteiger partial charge in [0, 0.05) is 7.05 Å². The normalized spacial score (nSPS) is 12.2. The Morgan fingerprint density at radius 2 is 1.92 bits per heavy atom. The zero-order chi connectivity index (χ0) is 9.52. The van der Waals surface area contributed by atoms with Gasteiger partial charge in [-0.25, -0.2) is 0 Å². The monoisotopic (exact) mass is 281 g/mol. The van der Waals surface area contributed by atoms with Gasteiger partial charge in [0.15, 0.2) is 5.95 Å². The summed E-state index contributed by atoms with van der Waals surface area (Å²) < 4.78 is 15.6. The summed E-state index contributed by atoms with van der Waals surface area (Å²) in [6, 6.07) is 1.61. The van der Waals surface area contributed by atoms with Crippen LogP contribution in [0, 0.1) is 9.65 Å². The second-order valence-corrected chi connectivity index (χ2v) is 5.00. The van der Waals surface area contributed by atoms with Gasteiger partial charge in [-0.3, -0.25) is 0 Å². The number of aromatic nitrogens is 1. The molecular weight excluding hydrogens is 268 g/mol. The number of halogens is 2. The topological polar surface area (TPSA) is 4.93 Å². The van der Waals surface area contributed by atoms with Crippen LogP contribution < -0.4 is 0 Å². The molecule has 0 aliphatic carbocycles. The number of nitrogens with zero attached hydrogens (tertiary/aromatic N) is 1. The molecule has 0 aliphatic rings. The molecule has 0 aliphatic heterocycles. The van der Waals surface area contributed by atoms with E-state index in [0.29, 0.717) is 0 Å². The van der Waals surface area contributed by atoms with Crippen LogP contribution in [0.2, 0.25) is 0 Å². The van der Waals surface area contributed by atoms with Crippen molar-refractivity contribution < 1.29 is 4.39 Å². The van der Waals surface area contributed by atoms with Gasteiger partial charge in [0.25, 0.3) is 0 Å². The average molecular weight is 281 g/mol. The zero-order valence-electron chi connectivity index (χ0n) is 7.78. The summed E-state index contributed by atoms with van der Waals surface area (Å²) in [5.74, 6) is -0.163. The molecule has 0 atom stereocenters. The van der Waals surface area contributed by atoms with Crippen molar-refractivity contribution >= 4 is 22.6 Å². The molecule has 0 saturated heterocycles. The maximum atomic E-state index is 13.1. The third-order valence-corrected chi connectivity index (χ3v) is 3.21. The van der Waals surface area contributed by atoms with E-state index in [4.69, 9.17) is 0 Å². The summed E-state index contributed by atoms with van der Waals surface area (Å²) in [5, 5.41) is 0. The van der Waals surface area contributed by atoms with Crippen molar-refractivity contribution in [2.75, 3.05) is 0 Å². The Hall–Kier alpha value is -0.0600. The first-order valence-electron chi connectivity index (χ1n) is 3.85. The van der Waals surface area contributed by atoms with Gasteiger partial charge in [-0.1, -0.05) is 20.8 Å². The number of hydrogen-bond donors (Lipinski definition) is 0. The van der Waals surface area contributed by atoms with Crippen LogP contribution in [-0.4, -0.2) is 4.57 Å². The fourth-order valence-corrected chi connectivity index (χ4v) is 2.27. The van der Waals surface area contributed by atoms with Crippen molar-refractivity contribution in [3.63, 3.8) is 0 Å². The SMILES string of the molecule is Cn1c(F)cc(C(C)(C)C)c1I. The van der Waals surface area contributed by atoms with Crippen LogP contribution in [0.1, 0.15) is 26.3 Å². The summed E-state index contributed by atoms with van der Waals surface area (Å²) in [7, 11) is 1.74. The Morgan fingerprint density at radius 3 is 2.08 bits per heavy atom. The lowest BCUT2D eigenvalue weighted by Crippen LogP contribution is -2.12. The fourth-order valence-electron chi connectivity index (χ4n) is 1.08. The molecule has 0 aromatic carbocycles. The van der Waals surface area contributed by atoms with Crippen LogP contribution in [-0.2, 0) is 12.5 Å². The van der Waals surface area contributed by atoms with Gasteiger partial charge in [0.05, 0.1) is 3.70 Å². The first-order valence-corrected chi connectivity index (χ1v) is 4.93. The van der Waals surface area contributed by atoms with Crippen molar-refractivity contribution in [1.82, 2.24) is 4.57 Å². The Morgan fingerprint density at radius 1 is 1.42 bits per heavy atom. The van der Waals surface area contributed by atoms with Gasteiger partial charge in [-0.2, -0.15) is 4.39 Å². The highest BCUT2D eigenvalue weighted by molar-refractivity contribution is 14.1. The van der Waals surface area contributed by atoms with Gasteiger partial charge < -0.3 is 4.57 Å². The maximum absolute atomic E-state index is 13.1. The summed E-state index contributed by atoms with van der Waals surface area (Å²) in [5.41, 5.74) is 1.10. The van der Waals surface area contributed by atoms with Crippen LogP contribution in [0.25, 0.3) is 0 Å². The van der Waals surface area contributed by atoms with E-state index in [2.05, 4.69) is 43.4 Å². The van der Waals surface area contributed by atoms with Crippen molar-refractivity contribution in [3.8, 4) is 0 Å². The fraction of sp³-hybridized carbons (Fsp3) is 0.556. The first kappa shape index (κ1) is 10.0. The minimum atomic E-state index is -0.163. The maximum Gasteiger partial charge on any atom is 0.194 e. The predicted octanol–water partition coefficient (Wildman–Crippen LogP) is 3.07. The van der Waals surface area contributed by atoms with E-state index in [1.807, 2.05) is 0 Å². The van der Waals surface area contributed by atoms with Crippen LogP contribution in [0.3, 0.4) is 0 Å². The Bertz CT molecular complexity index is 296. The predicted molar refractivity (Wildman–Crippen MR) is 56.8 cm³/mol. The van der Waals surface area contributed by atoms with Crippen molar-refractivity contribution in [3.05, 3.63) is 21.3 Å². The molecule has 1 nitrogen and oxygen atoms in total. The molecule has 0 amide bonds. The summed E-state index contributed by atoms with van der Waals surface area (Å²) in [6.45, 7) is 6.26. The molecule has 1 aromatic rings. The van der Waals surface area contributed by atoms with Crippen molar-refractivity contribution in [2.24, 2.45) is 7.05 Å². The van der Waals surface area contributed by atoms with Crippen LogP contribution in [0.15, 0.2) is 6.07 Å². The van der Waals surface area contributed by atoms with Crippen LogP contribution in [0.4, 0.5) is 4.39 Å². The molecule has 1 aromatic heterocycles. The molecule has 0 unspecified atom stereocenters.